The Balaban J connectivity index is 1.94. The van der Waals surface area contributed by atoms with Crippen LogP contribution in [0.5, 0.6) is 5.75 Å². The average molecular weight is 318 g/mol. The van der Waals surface area contributed by atoms with Crippen molar-refractivity contribution < 1.29 is 14.3 Å². The molecular formula is C14H14N4O3S. The van der Waals surface area contributed by atoms with Gasteiger partial charge in [0.2, 0.25) is 4.96 Å². The number of ether oxygens (including phenoxy) is 2. The molecule has 22 heavy (non-hydrogen) atoms. The van der Waals surface area contributed by atoms with Crippen LogP contribution in [-0.2, 0) is 4.74 Å². The van der Waals surface area contributed by atoms with E-state index < -0.39 is 6.09 Å². The van der Waals surface area contributed by atoms with Gasteiger partial charge in [-0.2, -0.15) is 4.98 Å². The Morgan fingerprint density at radius 3 is 3.09 bits per heavy atom. The van der Waals surface area contributed by atoms with Crippen molar-refractivity contribution in [3.8, 4) is 17.0 Å². The topological polar surface area (TPSA) is 77.8 Å². The summed E-state index contributed by atoms with van der Waals surface area (Å²) in [6, 6.07) is 7.67. The normalized spacial score (nSPS) is 10.6. The lowest BCUT2D eigenvalue weighted by atomic mass is 10.2. The van der Waals surface area contributed by atoms with Gasteiger partial charge in [0, 0.05) is 10.9 Å². The molecule has 0 atom stereocenters. The molecule has 1 amide bonds. The zero-order valence-electron chi connectivity index (χ0n) is 12.1. The highest BCUT2D eigenvalue weighted by atomic mass is 32.1. The minimum Gasteiger partial charge on any atom is -0.497 e. The second-order valence-electron chi connectivity index (χ2n) is 4.33. The maximum atomic E-state index is 11.4. The number of aromatic nitrogens is 3. The van der Waals surface area contributed by atoms with Crippen LogP contribution >= 0.6 is 11.3 Å². The quantitative estimate of drug-likeness (QED) is 0.800. The highest BCUT2D eigenvalue weighted by molar-refractivity contribution is 7.15. The SMILES string of the molecule is CCOC(=O)Nc1nc2scc(-c3cccc(OC)c3)n2n1. The van der Waals surface area contributed by atoms with Crippen molar-refractivity contribution in [1.82, 2.24) is 14.6 Å². The van der Waals surface area contributed by atoms with Gasteiger partial charge in [-0.15, -0.1) is 16.4 Å². The van der Waals surface area contributed by atoms with Crippen molar-refractivity contribution in [3.63, 3.8) is 0 Å². The molecule has 1 N–H and O–H groups in total. The van der Waals surface area contributed by atoms with Crippen LogP contribution in [0, 0.1) is 0 Å². The lowest BCUT2D eigenvalue weighted by Gasteiger charge is -2.03. The number of hydrogen-bond donors (Lipinski definition) is 1. The smallest absolute Gasteiger partial charge is 0.414 e. The molecule has 0 aliphatic carbocycles. The minimum atomic E-state index is -0.566. The Morgan fingerprint density at radius 1 is 1.45 bits per heavy atom. The summed E-state index contributed by atoms with van der Waals surface area (Å²) < 4.78 is 11.7. The van der Waals surface area contributed by atoms with Gasteiger partial charge in [-0.25, -0.2) is 9.31 Å². The lowest BCUT2D eigenvalue weighted by Crippen LogP contribution is -2.14. The number of thiazole rings is 1. The van der Waals surface area contributed by atoms with Crippen LogP contribution in [0.1, 0.15) is 6.92 Å². The van der Waals surface area contributed by atoms with E-state index in [1.165, 1.54) is 11.3 Å². The molecule has 3 rings (SSSR count). The number of amides is 1. The van der Waals surface area contributed by atoms with Gasteiger partial charge in [-0.3, -0.25) is 5.32 Å². The summed E-state index contributed by atoms with van der Waals surface area (Å²) in [5, 5.41) is 8.74. The fourth-order valence-electron chi connectivity index (χ4n) is 1.97. The molecule has 0 bridgehead atoms. The van der Waals surface area contributed by atoms with Crippen LogP contribution < -0.4 is 10.1 Å². The number of carbonyl (C=O) groups is 1. The third-order valence-electron chi connectivity index (χ3n) is 2.94. The third-order valence-corrected chi connectivity index (χ3v) is 3.75. The van der Waals surface area contributed by atoms with E-state index in [1.54, 1.807) is 18.5 Å². The first-order chi connectivity index (χ1) is 10.7. The molecule has 1 aromatic carbocycles. The van der Waals surface area contributed by atoms with Crippen molar-refractivity contribution in [2.24, 2.45) is 0 Å². The first-order valence-corrected chi connectivity index (χ1v) is 7.51. The van der Waals surface area contributed by atoms with Crippen LogP contribution in [0.2, 0.25) is 0 Å². The molecule has 2 heterocycles. The van der Waals surface area contributed by atoms with Crippen molar-refractivity contribution in [1.29, 1.82) is 0 Å². The Kier molecular flexibility index (Phi) is 3.92. The maximum Gasteiger partial charge on any atom is 0.414 e. The number of methoxy groups -OCH3 is 1. The summed E-state index contributed by atoms with van der Waals surface area (Å²) in [7, 11) is 1.62. The van der Waals surface area contributed by atoms with E-state index in [0.29, 0.717) is 11.6 Å². The number of fused-ring (bicyclic) bond motifs is 1. The second-order valence-corrected chi connectivity index (χ2v) is 5.16. The molecule has 2 aromatic heterocycles. The van der Waals surface area contributed by atoms with Crippen LogP contribution in [0.3, 0.4) is 0 Å². The van der Waals surface area contributed by atoms with E-state index in [2.05, 4.69) is 15.4 Å². The van der Waals surface area contributed by atoms with E-state index in [0.717, 1.165) is 17.0 Å². The predicted octanol–water partition coefficient (Wildman–Crippen LogP) is 3.03. The van der Waals surface area contributed by atoms with E-state index in [1.807, 2.05) is 29.6 Å². The van der Waals surface area contributed by atoms with Crippen molar-refractivity contribution in [2.75, 3.05) is 19.0 Å². The zero-order chi connectivity index (χ0) is 15.5. The molecule has 114 valence electrons. The standard InChI is InChI=1S/C14H14N4O3S/c1-3-21-14(19)16-12-15-13-18(17-12)11(8-22-13)9-5-4-6-10(7-9)20-2/h4-8H,3H2,1-2H3,(H,16,17,19). The molecular weight excluding hydrogens is 304 g/mol. The number of anilines is 1. The summed E-state index contributed by atoms with van der Waals surface area (Å²) in [6.45, 7) is 2.03. The molecule has 0 spiro atoms. The molecule has 3 aromatic rings. The molecule has 0 saturated heterocycles. The Labute approximate surface area is 130 Å². The zero-order valence-corrected chi connectivity index (χ0v) is 12.9. The van der Waals surface area contributed by atoms with E-state index in [9.17, 15) is 4.79 Å². The first kappa shape index (κ1) is 14.3. The third kappa shape index (κ3) is 2.73. The number of nitrogens with zero attached hydrogens (tertiary/aromatic N) is 3. The monoisotopic (exact) mass is 318 g/mol. The van der Waals surface area contributed by atoms with Crippen molar-refractivity contribution in [3.05, 3.63) is 29.6 Å². The highest BCUT2D eigenvalue weighted by Gasteiger charge is 2.13. The van der Waals surface area contributed by atoms with Gasteiger partial charge in [0.05, 0.1) is 19.4 Å². The second kappa shape index (κ2) is 6.02. The predicted molar refractivity (Wildman–Crippen MR) is 83.5 cm³/mol. The maximum absolute atomic E-state index is 11.4. The van der Waals surface area contributed by atoms with Crippen molar-refractivity contribution >= 4 is 28.3 Å². The Hall–Kier alpha value is -2.61. The first-order valence-electron chi connectivity index (χ1n) is 6.63. The molecule has 8 heteroatoms. The van der Waals surface area contributed by atoms with Crippen molar-refractivity contribution in [2.45, 2.75) is 6.92 Å². The molecule has 7 nitrogen and oxygen atoms in total. The fraction of sp³-hybridized carbons (Fsp3) is 0.214. The number of carbonyl (C=O) groups excluding carboxylic acids is 1. The summed E-state index contributed by atoms with van der Waals surface area (Å²) >= 11 is 1.44. The molecule has 0 radical (unpaired) electrons. The number of benzene rings is 1. The van der Waals surface area contributed by atoms with Crippen LogP contribution in [0.25, 0.3) is 16.2 Å². The van der Waals surface area contributed by atoms with E-state index in [-0.39, 0.29) is 5.95 Å². The average Bonchev–Trinajstić information content (AvgIpc) is 3.07. The summed E-state index contributed by atoms with van der Waals surface area (Å²) in [4.78, 5) is 16.3. The summed E-state index contributed by atoms with van der Waals surface area (Å²) in [5.41, 5.74) is 1.83. The Bertz CT molecular complexity index is 811. The molecule has 0 unspecified atom stereocenters. The number of nitrogens with one attached hydrogen (secondary N) is 1. The van der Waals surface area contributed by atoms with Crippen LogP contribution in [0.4, 0.5) is 10.7 Å². The van der Waals surface area contributed by atoms with E-state index in [4.69, 9.17) is 9.47 Å². The van der Waals surface area contributed by atoms with Crippen LogP contribution in [0.15, 0.2) is 29.6 Å². The van der Waals surface area contributed by atoms with Gasteiger partial charge < -0.3 is 9.47 Å². The fourth-order valence-corrected chi connectivity index (χ4v) is 2.80. The lowest BCUT2D eigenvalue weighted by molar-refractivity contribution is 0.167. The van der Waals surface area contributed by atoms with Gasteiger partial charge in [0.1, 0.15) is 5.75 Å². The number of rotatable bonds is 4. The largest absolute Gasteiger partial charge is 0.497 e. The van der Waals surface area contributed by atoms with Gasteiger partial charge in [-0.05, 0) is 19.1 Å². The van der Waals surface area contributed by atoms with Gasteiger partial charge >= 0.3 is 6.09 Å². The minimum absolute atomic E-state index is 0.217. The highest BCUT2D eigenvalue weighted by Crippen LogP contribution is 2.28. The van der Waals surface area contributed by atoms with Gasteiger partial charge in [0.15, 0.2) is 0 Å². The molecule has 0 aliphatic heterocycles. The summed E-state index contributed by atoms with van der Waals surface area (Å²) in [5.74, 6) is 0.983. The summed E-state index contributed by atoms with van der Waals surface area (Å²) in [6.07, 6.45) is -0.566. The Morgan fingerprint density at radius 2 is 2.32 bits per heavy atom. The van der Waals surface area contributed by atoms with E-state index >= 15 is 0 Å². The number of hydrogen-bond acceptors (Lipinski definition) is 6. The van der Waals surface area contributed by atoms with Crippen LogP contribution in [-0.4, -0.2) is 34.4 Å². The van der Waals surface area contributed by atoms with Gasteiger partial charge in [-0.1, -0.05) is 12.1 Å². The molecule has 0 saturated carbocycles. The molecule has 0 aliphatic rings. The van der Waals surface area contributed by atoms with Gasteiger partial charge in [0.25, 0.3) is 5.95 Å². The molecule has 0 fully saturated rings.